The summed E-state index contributed by atoms with van der Waals surface area (Å²) in [6.07, 6.45) is -1.16. The Kier molecular flexibility index (Phi) is 13.0. The van der Waals surface area contributed by atoms with Crippen LogP contribution in [-0.2, 0) is 35.3 Å². The third kappa shape index (κ3) is 10.6. The molecule has 12 nitrogen and oxygen atoms in total. The average molecular weight is 701 g/mol. The topological polar surface area (TPSA) is 172 Å². The zero-order valence-corrected chi connectivity index (χ0v) is 29.9. The predicted octanol–water partition coefficient (Wildman–Crippen LogP) is 4.79. The number of amides is 4. The van der Waals surface area contributed by atoms with Gasteiger partial charge in [0.1, 0.15) is 30.3 Å². The lowest BCUT2D eigenvalue weighted by Gasteiger charge is -2.27. The first-order valence-electron chi connectivity index (χ1n) is 17.1. The molecular formula is C39H48N4O8. The van der Waals surface area contributed by atoms with Crippen LogP contribution in [-0.4, -0.2) is 65.2 Å². The van der Waals surface area contributed by atoms with Crippen molar-refractivity contribution in [2.24, 2.45) is 5.92 Å². The number of nitrogens with one attached hydrogen (secondary N) is 4. The number of hydrogen-bond donors (Lipinski definition) is 5. The normalized spacial score (nSPS) is 14.0. The van der Waals surface area contributed by atoms with Crippen LogP contribution in [0.2, 0.25) is 0 Å². The monoisotopic (exact) mass is 700 g/mol. The molecule has 0 aliphatic heterocycles. The molecular weight excluding hydrogens is 652 g/mol. The summed E-state index contributed by atoms with van der Waals surface area (Å²) in [6.45, 7) is 10.0. The molecule has 3 aromatic rings. The molecule has 0 spiro atoms. The molecule has 12 heteroatoms. The van der Waals surface area contributed by atoms with Crippen LogP contribution in [0.4, 0.5) is 10.5 Å². The standard InChI is InChI=1S/C39H48N4O8/c1-23(2)34(37(48)40-24(3)35(46)41-26-17-15-25(21-44)16-18-26)43-36(47)32(19-20-33(45)51-39(4,5)6)42-38(49)50-22-31-29-13-9-7-11-27(29)28-12-8-10-14-30(28)31/h7-18,23-24,31-32,34,44H,19-22H2,1-6H3,(H,40,48)(H,41,46)(H,42,49)(H,43,47)/t24-,32-,34-/m0/s1. The van der Waals surface area contributed by atoms with Gasteiger partial charge in [0.05, 0.1) is 6.61 Å². The van der Waals surface area contributed by atoms with E-state index in [1.165, 1.54) is 6.92 Å². The summed E-state index contributed by atoms with van der Waals surface area (Å²) >= 11 is 0. The summed E-state index contributed by atoms with van der Waals surface area (Å²) in [5, 5.41) is 19.9. The van der Waals surface area contributed by atoms with Crippen molar-refractivity contribution in [3.63, 3.8) is 0 Å². The first-order valence-corrected chi connectivity index (χ1v) is 17.1. The Labute approximate surface area is 298 Å². The van der Waals surface area contributed by atoms with E-state index in [9.17, 15) is 29.1 Å². The second-order valence-corrected chi connectivity index (χ2v) is 14.0. The molecule has 0 bridgehead atoms. The van der Waals surface area contributed by atoms with Gasteiger partial charge >= 0.3 is 12.1 Å². The molecule has 51 heavy (non-hydrogen) atoms. The molecule has 4 rings (SSSR count). The Balaban J connectivity index is 1.42. The predicted molar refractivity (Wildman–Crippen MR) is 192 cm³/mol. The van der Waals surface area contributed by atoms with Gasteiger partial charge in [-0.2, -0.15) is 0 Å². The smallest absolute Gasteiger partial charge is 0.407 e. The Morgan fingerprint density at radius 1 is 0.765 bits per heavy atom. The Morgan fingerprint density at radius 3 is 1.90 bits per heavy atom. The highest BCUT2D eigenvalue weighted by molar-refractivity contribution is 5.98. The zero-order valence-electron chi connectivity index (χ0n) is 29.9. The number of anilines is 1. The summed E-state index contributed by atoms with van der Waals surface area (Å²) in [5.74, 6) is -2.97. The van der Waals surface area contributed by atoms with E-state index in [2.05, 4.69) is 21.3 Å². The SMILES string of the molecule is CC(C)[C@H](NC(=O)[C@H](CCC(=O)OC(C)(C)C)NC(=O)OCC1c2ccccc2-c2ccccc21)C(=O)N[C@@H](C)C(=O)Nc1ccc(CO)cc1. The van der Waals surface area contributed by atoms with Crippen molar-refractivity contribution in [2.45, 2.75) is 90.6 Å². The van der Waals surface area contributed by atoms with Crippen molar-refractivity contribution in [3.8, 4) is 11.1 Å². The van der Waals surface area contributed by atoms with Crippen LogP contribution in [0.1, 0.15) is 77.0 Å². The van der Waals surface area contributed by atoms with E-state index in [-0.39, 0.29) is 32.0 Å². The third-order valence-electron chi connectivity index (χ3n) is 8.41. The molecule has 0 aromatic heterocycles. The Hall–Kier alpha value is -5.23. The molecule has 3 atom stereocenters. The average Bonchev–Trinajstić information content (AvgIpc) is 3.40. The van der Waals surface area contributed by atoms with E-state index < -0.39 is 59.4 Å². The number of carbonyl (C=O) groups excluding carboxylic acids is 5. The molecule has 0 saturated heterocycles. The number of aliphatic hydroxyl groups is 1. The number of esters is 1. The number of fused-ring (bicyclic) bond motifs is 3. The van der Waals surface area contributed by atoms with Gasteiger partial charge < -0.3 is 35.8 Å². The van der Waals surface area contributed by atoms with Crippen LogP contribution in [0, 0.1) is 5.92 Å². The maximum absolute atomic E-state index is 13.7. The van der Waals surface area contributed by atoms with Gasteiger partial charge in [0.25, 0.3) is 0 Å². The van der Waals surface area contributed by atoms with Crippen LogP contribution >= 0.6 is 0 Å². The highest BCUT2D eigenvalue weighted by Gasteiger charge is 2.33. The molecule has 0 radical (unpaired) electrons. The molecule has 4 amide bonds. The summed E-state index contributed by atoms with van der Waals surface area (Å²) in [5.41, 5.74) is 4.61. The van der Waals surface area contributed by atoms with Gasteiger partial charge in [0.2, 0.25) is 17.7 Å². The lowest BCUT2D eigenvalue weighted by Crippen LogP contribution is -2.57. The summed E-state index contributed by atoms with van der Waals surface area (Å²) in [4.78, 5) is 65.7. The van der Waals surface area contributed by atoms with Gasteiger partial charge in [0.15, 0.2) is 0 Å². The maximum atomic E-state index is 13.7. The number of ether oxygens (including phenoxy) is 2. The summed E-state index contributed by atoms with van der Waals surface area (Å²) in [6, 6.07) is 19.1. The van der Waals surface area contributed by atoms with Crippen LogP contribution in [0.25, 0.3) is 11.1 Å². The summed E-state index contributed by atoms with van der Waals surface area (Å²) in [7, 11) is 0. The molecule has 272 valence electrons. The van der Waals surface area contributed by atoms with Crippen molar-refractivity contribution in [3.05, 3.63) is 89.5 Å². The van der Waals surface area contributed by atoms with Crippen LogP contribution in [0.5, 0.6) is 0 Å². The zero-order chi connectivity index (χ0) is 37.3. The molecule has 1 aliphatic rings. The van der Waals surface area contributed by atoms with Crippen molar-refractivity contribution < 1.29 is 38.6 Å². The molecule has 0 saturated carbocycles. The lowest BCUT2D eigenvalue weighted by molar-refractivity contribution is -0.155. The fraction of sp³-hybridized carbons (Fsp3) is 0.410. The minimum absolute atomic E-state index is 0.0167. The van der Waals surface area contributed by atoms with E-state index in [4.69, 9.17) is 9.47 Å². The van der Waals surface area contributed by atoms with Gasteiger partial charge in [-0.05, 0) is 80.0 Å². The largest absolute Gasteiger partial charge is 0.460 e. The van der Waals surface area contributed by atoms with E-state index in [0.29, 0.717) is 11.3 Å². The van der Waals surface area contributed by atoms with Crippen LogP contribution in [0.15, 0.2) is 72.8 Å². The van der Waals surface area contributed by atoms with Gasteiger partial charge in [-0.15, -0.1) is 0 Å². The highest BCUT2D eigenvalue weighted by Crippen LogP contribution is 2.44. The molecule has 3 aromatic carbocycles. The van der Waals surface area contributed by atoms with E-state index in [1.54, 1.807) is 58.9 Å². The molecule has 5 N–H and O–H groups in total. The van der Waals surface area contributed by atoms with Gasteiger partial charge in [0, 0.05) is 18.0 Å². The second-order valence-electron chi connectivity index (χ2n) is 14.0. The van der Waals surface area contributed by atoms with Gasteiger partial charge in [-0.25, -0.2) is 4.79 Å². The molecule has 0 heterocycles. The van der Waals surface area contributed by atoms with Gasteiger partial charge in [-0.1, -0.05) is 74.5 Å². The number of carbonyl (C=O) groups is 5. The van der Waals surface area contributed by atoms with Gasteiger partial charge in [-0.3, -0.25) is 19.2 Å². The first-order chi connectivity index (χ1) is 24.2. The van der Waals surface area contributed by atoms with Crippen LogP contribution < -0.4 is 21.3 Å². The van der Waals surface area contributed by atoms with E-state index in [1.807, 2.05) is 48.5 Å². The Morgan fingerprint density at radius 2 is 1.35 bits per heavy atom. The fourth-order valence-electron chi connectivity index (χ4n) is 5.81. The van der Waals surface area contributed by atoms with E-state index in [0.717, 1.165) is 22.3 Å². The number of hydrogen-bond acceptors (Lipinski definition) is 8. The van der Waals surface area contributed by atoms with Crippen molar-refractivity contribution >= 4 is 35.5 Å². The third-order valence-corrected chi connectivity index (χ3v) is 8.41. The molecule has 1 aliphatic carbocycles. The summed E-state index contributed by atoms with van der Waals surface area (Å²) < 4.78 is 11.1. The second kappa shape index (κ2) is 17.1. The number of aliphatic hydroxyl groups excluding tert-OH is 1. The minimum atomic E-state index is -1.25. The van der Waals surface area contributed by atoms with Crippen molar-refractivity contribution in [2.75, 3.05) is 11.9 Å². The lowest BCUT2D eigenvalue weighted by atomic mass is 9.98. The minimum Gasteiger partial charge on any atom is -0.460 e. The maximum Gasteiger partial charge on any atom is 0.407 e. The Bertz CT molecular complexity index is 1670. The highest BCUT2D eigenvalue weighted by atomic mass is 16.6. The van der Waals surface area contributed by atoms with Crippen LogP contribution in [0.3, 0.4) is 0 Å². The van der Waals surface area contributed by atoms with Crippen molar-refractivity contribution in [1.82, 2.24) is 16.0 Å². The first kappa shape index (κ1) is 38.6. The van der Waals surface area contributed by atoms with E-state index >= 15 is 0 Å². The quantitative estimate of drug-likeness (QED) is 0.149. The number of alkyl carbamates (subject to hydrolysis) is 1. The number of rotatable bonds is 14. The van der Waals surface area contributed by atoms with Crippen molar-refractivity contribution in [1.29, 1.82) is 0 Å². The fourth-order valence-corrected chi connectivity index (χ4v) is 5.81. The molecule has 0 unspecified atom stereocenters. The number of benzene rings is 3. The molecule has 0 fully saturated rings.